The Morgan fingerprint density at radius 3 is 2.65 bits per heavy atom. The fourth-order valence-corrected chi connectivity index (χ4v) is 2.07. The van der Waals surface area contributed by atoms with Gasteiger partial charge < -0.3 is 10.4 Å². The molecule has 1 atom stereocenters. The van der Waals surface area contributed by atoms with E-state index in [4.69, 9.17) is 16.7 Å². The van der Waals surface area contributed by atoms with E-state index in [9.17, 15) is 13.6 Å². The van der Waals surface area contributed by atoms with Gasteiger partial charge in [0.2, 0.25) is 0 Å². The van der Waals surface area contributed by atoms with Gasteiger partial charge in [0.25, 0.3) is 5.92 Å². The third-order valence-corrected chi connectivity index (χ3v) is 2.98. The second-order valence-corrected chi connectivity index (χ2v) is 4.74. The molecule has 0 fully saturated rings. The third kappa shape index (κ3) is 3.29. The molecular weight excluding hydrogens is 319 g/mol. The van der Waals surface area contributed by atoms with Gasteiger partial charge in [-0.1, -0.05) is 33.6 Å². The predicted octanol–water partition coefficient (Wildman–Crippen LogP) is 3.85. The van der Waals surface area contributed by atoms with Crippen LogP contribution in [0.1, 0.15) is 12.5 Å². The molecule has 7 heteroatoms. The second-order valence-electron chi connectivity index (χ2n) is 3.42. The lowest BCUT2D eigenvalue weighted by molar-refractivity contribution is -0.0358. The topological polar surface area (TPSA) is 49.3 Å². The fourth-order valence-electron chi connectivity index (χ4n) is 1.27. The Morgan fingerprint density at radius 2 is 2.18 bits per heavy atom. The zero-order valence-corrected chi connectivity index (χ0v) is 11.0. The molecule has 0 aliphatic carbocycles. The molecule has 0 heterocycles. The van der Waals surface area contributed by atoms with Crippen molar-refractivity contribution >= 4 is 33.6 Å². The number of carboxylic acid groups (broad SMARTS) is 1. The van der Waals surface area contributed by atoms with Crippen LogP contribution >= 0.6 is 27.5 Å². The Labute approximate surface area is 110 Å². The summed E-state index contributed by atoms with van der Waals surface area (Å²) in [6.45, 7) is 1.08. The molecule has 1 aromatic rings. The number of hydrogen-bond donors (Lipinski definition) is 2. The minimum Gasteiger partial charge on any atom is -0.465 e. The Balaban J connectivity index is 3.07. The quantitative estimate of drug-likeness (QED) is 0.885. The average Bonchev–Trinajstić information content (AvgIpc) is 2.15. The van der Waals surface area contributed by atoms with Gasteiger partial charge in [0, 0.05) is 10.0 Å². The first-order chi connectivity index (χ1) is 7.75. The SMILES string of the molecule is CC(NC(=O)O)C(F)(F)c1ccc(Br)cc1Cl. The van der Waals surface area contributed by atoms with Gasteiger partial charge in [0.1, 0.15) is 0 Å². The van der Waals surface area contributed by atoms with E-state index in [0.717, 1.165) is 13.0 Å². The average molecular weight is 329 g/mol. The van der Waals surface area contributed by atoms with Gasteiger partial charge in [-0.25, -0.2) is 4.79 Å². The zero-order chi connectivity index (χ0) is 13.2. The summed E-state index contributed by atoms with van der Waals surface area (Å²) in [5, 5.41) is 10.0. The van der Waals surface area contributed by atoms with Crippen LogP contribution in [0.15, 0.2) is 22.7 Å². The molecule has 0 aliphatic heterocycles. The van der Waals surface area contributed by atoms with Crippen LogP contribution in [-0.2, 0) is 5.92 Å². The lowest BCUT2D eigenvalue weighted by Crippen LogP contribution is -2.43. The summed E-state index contributed by atoms with van der Waals surface area (Å²) in [6, 6.07) is 2.34. The number of amides is 1. The van der Waals surface area contributed by atoms with Gasteiger partial charge in [-0.05, 0) is 19.1 Å². The fraction of sp³-hybridized carbons (Fsp3) is 0.300. The summed E-state index contributed by atoms with van der Waals surface area (Å²) < 4.78 is 28.3. The summed E-state index contributed by atoms with van der Waals surface area (Å²) >= 11 is 8.81. The standard InChI is InChI=1S/C10H9BrClF2NO2/c1-5(15-9(16)17)10(13,14)7-3-2-6(11)4-8(7)12/h2-5,15H,1H3,(H,16,17). The molecule has 17 heavy (non-hydrogen) atoms. The predicted molar refractivity (Wildman–Crippen MR) is 63.7 cm³/mol. The van der Waals surface area contributed by atoms with Gasteiger partial charge >= 0.3 is 6.09 Å². The maximum atomic E-state index is 13.9. The lowest BCUT2D eigenvalue weighted by atomic mass is 10.0. The van der Waals surface area contributed by atoms with Gasteiger partial charge in [-0.3, -0.25) is 0 Å². The monoisotopic (exact) mass is 327 g/mol. The van der Waals surface area contributed by atoms with Crippen molar-refractivity contribution in [3.8, 4) is 0 Å². The van der Waals surface area contributed by atoms with Crippen LogP contribution in [0.4, 0.5) is 13.6 Å². The number of rotatable bonds is 3. The first kappa shape index (κ1) is 14.2. The maximum absolute atomic E-state index is 13.9. The van der Waals surface area contributed by atoms with E-state index in [1.807, 2.05) is 0 Å². The minimum atomic E-state index is -3.38. The molecule has 1 amide bonds. The van der Waals surface area contributed by atoms with Crippen molar-refractivity contribution in [2.45, 2.75) is 18.9 Å². The summed E-state index contributed by atoms with van der Waals surface area (Å²) in [5.74, 6) is -3.38. The highest BCUT2D eigenvalue weighted by Crippen LogP contribution is 2.37. The highest BCUT2D eigenvalue weighted by atomic mass is 79.9. The molecule has 0 saturated carbocycles. The number of alkyl halides is 2. The summed E-state index contributed by atoms with van der Waals surface area (Å²) in [7, 11) is 0. The third-order valence-electron chi connectivity index (χ3n) is 2.17. The van der Waals surface area contributed by atoms with Crippen LogP contribution in [0.5, 0.6) is 0 Å². The van der Waals surface area contributed by atoms with Gasteiger partial charge in [0.05, 0.1) is 11.1 Å². The Bertz CT molecular complexity index is 442. The molecule has 0 saturated heterocycles. The largest absolute Gasteiger partial charge is 0.465 e. The molecule has 2 N–H and O–H groups in total. The zero-order valence-electron chi connectivity index (χ0n) is 8.68. The summed E-state index contributed by atoms with van der Waals surface area (Å²) in [4.78, 5) is 10.3. The van der Waals surface area contributed by atoms with E-state index in [1.165, 1.54) is 12.1 Å². The van der Waals surface area contributed by atoms with E-state index in [2.05, 4.69) is 15.9 Å². The van der Waals surface area contributed by atoms with E-state index < -0.39 is 23.6 Å². The van der Waals surface area contributed by atoms with Gasteiger partial charge in [-0.15, -0.1) is 0 Å². The summed E-state index contributed by atoms with van der Waals surface area (Å²) in [5.41, 5.74) is -0.413. The van der Waals surface area contributed by atoms with Crippen molar-refractivity contribution in [1.82, 2.24) is 5.32 Å². The molecule has 94 valence electrons. The minimum absolute atomic E-state index is 0.122. The summed E-state index contributed by atoms with van der Waals surface area (Å²) in [6.07, 6.45) is -1.51. The molecule has 1 rings (SSSR count). The van der Waals surface area contributed by atoms with E-state index >= 15 is 0 Å². The van der Waals surface area contributed by atoms with E-state index in [0.29, 0.717) is 4.47 Å². The van der Waals surface area contributed by atoms with Crippen LogP contribution < -0.4 is 5.32 Å². The molecule has 0 bridgehead atoms. The highest BCUT2D eigenvalue weighted by molar-refractivity contribution is 9.10. The van der Waals surface area contributed by atoms with Crippen LogP contribution in [0.2, 0.25) is 5.02 Å². The molecule has 0 aromatic heterocycles. The molecular formula is C10H9BrClF2NO2. The molecule has 0 spiro atoms. The van der Waals surface area contributed by atoms with Crippen LogP contribution in [0.3, 0.4) is 0 Å². The van der Waals surface area contributed by atoms with Crippen molar-refractivity contribution in [1.29, 1.82) is 0 Å². The molecule has 0 radical (unpaired) electrons. The number of carbonyl (C=O) groups is 1. The number of halogens is 4. The molecule has 3 nitrogen and oxygen atoms in total. The number of benzene rings is 1. The number of nitrogens with one attached hydrogen (secondary N) is 1. The van der Waals surface area contributed by atoms with Crippen LogP contribution in [-0.4, -0.2) is 17.2 Å². The molecule has 1 unspecified atom stereocenters. The second kappa shape index (κ2) is 5.18. The van der Waals surface area contributed by atoms with Crippen LogP contribution in [0.25, 0.3) is 0 Å². The van der Waals surface area contributed by atoms with Crippen molar-refractivity contribution in [2.75, 3.05) is 0 Å². The van der Waals surface area contributed by atoms with Crippen molar-refractivity contribution in [3.63, 3.8) is 0 Å². The number of hydrogen-bond acceptors (Lipinski definition) is 1. The van der Waals surface area contributed by atoms with E-state index in [-0.39, 0.29) is 5.02 Å². The Kier molecular flexibility index (Phi) is 4.32. The van der Waals surface area contributed by atoms with Crippen molar-refractivity contribution in [3.05, 3.63) is 33.3 Å². The Hall–Kier alpha value is -0.880. The van der Waals surface area contributed by atoms with Gasteiger partial charge in [0.15, 0.2) is 0 Å². The first-order valence-corrected chi connectivity index (χ1v) is 5.75. The highest BCUT2D eigenvalue weighted by Gasteiger charge is 2.41. The lowest BCUT2D eigenvalue weighted by Gasteiger charge is -2.24. The molecule has 0 aliphatic rings. The van der Waals surface area contributed by atoms with E-state index in [1.54, 1.807) is 5.32 Å². The van der Waals surface area contributed by atoms with Gasteiger partial charge in [-0.2, -0.15) is 8.78 Å². The first-order valence-electron chi connectivity index (χ1n) is 4.58. The van der Waals surface area contributed by atoms with Crippen LogP contribution in [0, 0.1) is 0 Å². The smallest absolute Gasteiger partial charge is 0.405 e. The maximum Gasteiger partial charge on any atom is 0.405 e. The van der Waals surface area contributed by atoms with Crippen molar-refractivity contribution < 1.29 is 18.7 Å². The molecule has 1 aromatic carbocycles. The normalized spacial score (nSPS) is 13.2. The Morgan fingerprint density at radius 1 is 1.59 bits per heavy atom. The van der Waals surface area contributed by atoms with Crippen molar-refractivity contribution in [2.24, 2.45) is 0 Å².